The molecule has 0 fully saturated rings. The maximum absolute atomic E-state index is 12.1. The molecule has 0 atom stereocenters. The molecule has 0 unspecified atom stereocenters. The zero-order chi connectivity index (χ0) is 16.3. The Morgan fingerprint density at radius 1 is 1.14 bits per heavy atom. The molecule has 0 heterocycles. The Balaban J connectivity index is 3.04. The number of carbonyl (C=O) groups is 1. The number of carboxylic acid groups (broad SMARTS) is 1. The van der Waals surface area contributed by atoms with Crippen LogP contribution in [-0.4, -0.2) is 45.7 Å². The van der Waals surface area contributed by atoms with Crippen LogP contribution in [0.15, 0.2) is 23.1 Å². The third-order valence-electron chi connectivity index (χ3n) is 2.98. The molecule has 21 heavy (non-hydrogen) atoms. The van der Waals surface area contributed by atoms with Crippen LogP contribution in [0.1, 0.15) is 29.3 Å². The van der Waals surface area contributed by atoms with Gasteiger partial charge < -0.3 is 5.11 Å². The van der Waals surface area contributed by atoms with Crippen LogP contribution in [0.25, 0.3) is 0 Å². The number of benzene rings is 1. The second-order valence-corrected chi connectivity index (χ2v) is 9.15. The fraction of sp³-hybridized carbons (Fsp3) is 0.462. The smallest absolute Gasteiger partial charge is 0.336 e. The molecule has 1 aromatic rings. The summed E-state index contributed by atoms with van der Waals surface area (Å²) in [5, 5.41) is 9.10. The fourth-order valence-electron chi connectivity index (χ4n) is 1.89. The topological polar surface area (TPSA) is 106 Å². The predicted octanol–water partition coefficient (Wildman–Crippen LogP) is 1.16. The quantitative estimate of drug-likeness (QED) is 0.802. The zero-order valence-corrected chi connectivity index (χ0v) is 13.5. The van der Waals surface area contributed by atoms with Crippen LogP contribution >= 0.6 is 0 Å². The largest absolute Gasteiger partial charge is 0.478 e. The molecule has 0 saturated carbocycles. The number of aryl methyl sites for hydroxylation is 1. The maximum Gasteiger partial charge on any atom is 0.336 e. The van der Waals surface area contributed by atoms with E-state index >= 15 is 0 Å². The van der Waals surface area contributed by atoms with Gasteiger partial charge in [-0.15, -0.1) is 0 Å². The first-order chi connectivity index (χ1) is 9.57. The van der Waals surface area contributed by atoms with Crippen LogP contribution in [0.2, 0.25) is 0 Å². The normalized spacial score (nSPS) is 12.3. The molecule has 8 heteroatoms. The number of rotatable bonds is 7. The van der Waals surface area contributed by atoms with E-state index in [4.69, 9.17) is 5.11 Å². The summed E-state index contributed by atoms with van der Waals surface area (Å²) in [6.07, 6.45) is 1.51. The number of sulfone groups is 2. The third kappa shape index (κ3) is 5.13. The van der Waals surface area contributed by atoms with Gasteiger partial charge in [0.2, 0.25) is 0 Å². The van der Waals surface area contributed by atoms with Gasteiger partial charge in [-0.2, -0.15) is 0 Å². The van der Waals surface area contributed by atoms with Crippen molar-refractivity contribution < 1.29 is 26.7 Å². The lowest BCUT2D eigenvalue weighted by molar-refractivity contribution is 0.0695. The van der Waals surface area contributed by atoms with E-state index in [0.29, 0.717) is 12.0 Å². The van der Waals surface area contributed by atoms with E-state index in [1.807, 2.05) is 0 Å². The summed E-state index contributed by atoms with van der Waals surface area (Å²) in [5.74, 6) is -1.73. The second kappa shape index (κ2) is 6.57. The molecule has 118 valence electrons. The minimum Gasteiger partial charge on any atom is -0.478 e. The molecule has 0 bridgehead atoms. The SMILES string of the molecule is CCc1ccc(S(=O)(=O)CCCS(C)(=O)=O)cc1C(=O)O. The van der Waals surface area contributed by atoms with Crippen molar-refractivity contribution >= 4 is 25.6 Å². The zero-order valence-electron chi connectivity index (χ0n) is 11.9. The van der Waals surface area contributed by atoms with Crippen molar-refractivity contribution in [3.8, 4) is 0 Å². The molecular weight excluding hydrogens is 316 g/mol. The van der Waals surface area contributed by atoms with Gasteiger partial charge in [0.1, 0.15) is 9.84 Å². The summed E-state index contributed by atoms with van der Waals surface area (Å²) in [7, 11) is -6.91. The van der Waals surface area contributed by atoms with Gasteiger partial charge in [-0.3, -0.25) is 0 Å². The Morgan fingerprint density at radius 2 is 1.76 bits per heavy atom. The van der Waals surface area contributed by atoms with Gasteiger partial charge in [0, 0.05) is 6.26 Å². The molecule has 6 nitrogen and oxygen atoms in total. The van der Waals surface area contributed by atoms with Crippen LogP contribution in [0.5, 0.6) is 0 Å². The average molecular weight is 334 g/mol. The Morgan fingerprint density at radius 3 is 2.24 bits per heavy atom. The molecule has 0 aliphatic heterocycles. The highest BCUT2D eigenvalue weighted by atomic mass is 32.2. The third-order valence-corrected chi connectivity index (χ3v) is 5.81. The Bertz CT molecular complexity index is 732. The Kier molecular flexibility index (Phi) is 5.52. The number of aromatic carboxylic acids is 1. The van der Waals surface area contributed by atoms with Crippen molar-refractivity contribution in [3.63, 3.8) is 0 Å². The molecule has 0 aromatic heterocycles. The lowest BCUT2D eigenvalue weighted by Crippen LogP contribution is -2.13. The van der Waals surface area contributed by atoms with E-state index in [9.17, 15) is 21.6 Å². The summed E-state index contributed by atoms with van der Waals surface area (Å²) >= 11 is 0. The van der Waals surface area contributed by atoms with Gasteiger partial charge in [0.05, 0.1) is 22.0 Å². The Hall–Kier alpha value is -1.41. The lowest BCUT2D eigenvalue weighted by Gasteiger charge is -2.08. The first kappa shape index (κ1) is 17.6. The average Bonchev–Trinajstić information content (AvgIpc) is 2.35. The van der Waals surface area contributed by atoms with Gasteiger partial charge in [-0.05, 0) is 30.5 Å². The summed E-state index contributed by atoms with van der Waals surface area (Å²) in [5.41, 5.74) is 0.513. The van der Waals surface area contributed by atoms with Crippen molar-refractivity contribution in [1.29, 1.82) is 0 Å². The van der Waals surface area contributed by atoms with Crippen LogP contribution in [-0.2, 0) is 26.1 Å². The lowest BCUT2D eigenvalue weighted by atomic mass is 10.1. The van der Waals surface area contributed by atoms with E-state index in [1.54, 1.807) is 6.92 Å². The van der Waals surface area contributed by atoms with Gasteiger partial charge in [0.15, 0.2) is 9.84 Å². The minimum absolute atomic E-state index is 0.0148. The van der Waals surface area contributed by atoms with Gasteiger partial charge in [-0.1, -0.05) is 13.0 Å². The maximum atomic E-state index is 12.1. The first-order valence-electron chi connectivity index (χ1n) is 6.33. The second-order valence-electron chi connectivity index (χ2n) is 4.78. The summed E-state index contributed by atoms with van der Waals surface area (Å²) in [4.78, 5) is 11.0. The van der Waals surface area contributed by atoms with Crippen molar-refractivity contribution in [2.45, 2.75) is 24.7 Å². The summed E-state index contributed by atoms with van der Waals surface area (Å²) in [6.45, 7) is 1.78. The highest BCUT2D eigenvalue weighted by Crippen LogP contribution is 2.19. The van der Waals surface area contributed by atoms with Gasteiger partial charge in [-0.25, -0.2) is 21.6 Å². The van der Waals surface area contributed by atoms with E-state index < -0.39 is 25.6 Å². The van der Waals surface area contributed by atoms with E-state index in [2.05, 4.69) is 0 Å². The van der Waals surface area contributed by atoms with Crippen LogP contribution < -0.4 is 0 Å². The molecule has 1 rings (SSSR count). The highest BCUT2D eigenvalue weighted by molar-refractivity contribution is 7.92. The number of hydrogen-bond donors (Lipinski definition) is 1. The molecule has 0 amide bonds. The molecule has 1 N–H and O–H groups in total. The number of carboxylic acids is 1. The molecule has 0 aliphatic carbocycles. The summed E-state index contributed by atoms with van der Waals surface area (Å²) in [6, 6.07) is 3.98. The standard InChI is InChI=1S/C13H18O6S2/c1-3-10-5-6-11(9-12(10)13(14)15)21(18,19)8-4-7-20(2,16)17/h5-6,9H,3-4,7-8H2,1-2H3,(H,14,15). The molecule has 1 aromatic carbocycles. The van der Waals surface area contributed by atoms with Crippen LogP contribution in [0.4, 0.5) is 0 Å². The van der Waals surface area contributed by atoms with Crippen molar-refractivity contribution in [1.82, 2.24) is 0 Å². The van der Waals surface area contributed by atoms with E-state index in [1.165, 1.54) is 12.1 Å². The van der Waals surface area contributed by atoms with Crippen LogP contribution in [0.3, 0.4) is 0 Å². The first-order valence-corrected chi connectivity index (χ1v) is 10.0. The summed E-state index contributed by atoms with van der Waals surface area (Å²) < 4.78 is 46.2. The van der Waals surface area contributed by atoms with Gasteiger partial charge in [0.25, 0.3) is 0 Å². The number of hydrogen-bond acceptors (Lipinski definition) is 5. The molecular formula is C13H18O6S2. The molecule has 0 aliphatic rings. The van der Waals surface area contributed by atoms with Crippen molar-refractivity contribution in [3.05, 3.63) is 29.3 Å². The molecule has 0 radical (unpaired) electrons. The van der Waals surface area contributed by atoms with Crippen molar-refractivity contribution in [2.75, 3.05) is 17.8 Å². The van der Waals surface area contributed by atoms with Gasteiger partial charge >= 0.3 is 5.97 Å². The van der Waals surface area contributed by atoms with E-state index in [0.717, 1.165) is 12.3 Å². The fourth-order valence-corrected chi connectivity index (χ4v) is 4.07. The molecule has 0 saturated heterocycles. The minimum atomic E-state index is -3.69. The van der Waals surface area contributed by atoms with Crippen LogP contribution in [0, 0.1) is 0 Å². The molecule has 0 spiro atoms. The van der Waals surface area contributed by atoms with E-state index in [-0.39, 0.29) is 28.4 Å². The van der Waals surface area contributed by atoms with Crippen molar-refractivity contribution in [2.24, 2.45) is 0 Å². The predicted molar refractivity (Wildman–Crippen MR) is 79.2 cm³/mol. The monoisotopic (exact) mass is 334 g/mol. The Labute approximate surface area is 124 Å². The highest BCUT2D eigenvalue weighted by Gasteiger charge is 2.19.